The normalized spacial score (nSPS) is 12.1. The van der Waals surface area contributed by atoms with Gasteiger partial charge in [0.1, 0.15) is 17.7 Å². The molecule has 6 heteroatoms. The van der Waals surface area contributed by atoms with Crippen molar-refractivity contribution >= 4 is 5.91 Å². The van der Waals surface area contributed by atoms with Crippen molar-refractivity contribution in [3.63, 3.8) is 0 Å². The quantitative estimate of drug-likeness (QED) is 0.419. The van der Waals surface area contributed by atoms with Crippen LogP contribution in [-0.4, -0.2) is 39.2 Å². The van der Waals surface area contributed by atoms with Gasteiger partial charge in [-0.25, -0.2) is 0 Å². The van der Waals surface area contributed by atoms with Crippen molar-refractivity contribution < 1.29 is 25.2 Å². The molecule has 0 aliphatic heterocycles. The van der Waals surface area contributed by atoms with Crippen molar-refractivity contribution in [2.45, 2.75) is 6.23 Å². The van der Waals surface area contributed by atoms with Gasteiger partial charge in [-0.15, -0.1) is 0 Å². The van der Waals surface area contributed by atoms with Crippen LogP contribution >= 0.6 is 0 Å². The van der Waals surface area contributed by atoms with E-state index in [9.17, 15) is 9.90 Å². The molecule has 5 N–H and O–H groups in total. The summed E-state index contributed by atoms with van der Waals surface area (Å²) in [7, 11) is 0. The molecule has 1 aromatic rings. The molecule has 1 amide bonds. The van der Waals surface area contributed by atoms with Gasteiger partial charge >= 0.3 is 0 Å². The average molecular weight is 213 g/mol. The van der Waals surface area contributed by atoms with Gasteiger partial charge in [-0.05, 0) is 12.1 Å². The zero-order valence-corrected chi connectivity index (χ0v) is 7.71. The maximum absolute atomic E-state index is 11.3. The van der Waals surface area contributed by atoms with Crippen LogP contribution in [0.4, 0.5) is 0 Å². The minimum Gasteiger partial charge on any atom is -0.508 e. The highest BCUT2D eigenvalue weighted by Gasteiger charge is 2.14. The van der Waals surface area contributed by atoms with Crippen molar-refractivity contribution in [3.05, 3.63) is 23.8 Å². The number of hydrogen-bond acceptors (Lipinski definition) is 5. The van der Waals surface area contributed by atoms with Gasteiger partial charge in [0.05, 0.1) is 12.2 Å². The van der Waals surface area contributed by atoms with E-state index in [4.69, 9.17) is 15.3 Å². The fourth-order valence-corrected chi connectivity index (χ4v) is 0.987. The molecule has 0 aromatic heterocycles. The average Bonchev–Trinajstić information content (AvgIpc) is 2.17. The highest BCUT2D eigenvalue weighted by Crippen LogP contribution is 2.22. The number of carbonyl (C=O) groups is 1. The van der Waals surface area contributed by atoms with Gasteiger partial charge in [-0.3, -0.25) is 4.79 Å². The summed E-state index contributed by atoms with van der Waals surface area (Å²) in [5, 5.41) is 37.7. The second-order valence-corrected chi connectivity index (χ2v) is 2.87. The molecule has 0 bridgehead atoms. The molecule has 1 unspecified atom stereocenters. The molecule has 0 heterocycles. The van der Waals surface area contributed by atoms with Gasteiger partial charge in [0.2, 0.25) is 0 Å². The Hall–Kier alpha value is -1.79. The van der Waals surface area contributed by atoms with E-state index in [0.717, 1.165) is 6.07 Å². The van der Waals surface area contributed by atoms with E-state index in [1.807, 2.05) is 5.32 Å². The number of phenolic OH excluding ortho intramolecular Hbond substituents is 2. The summed E-state index contributed by atoms with van der Waals surface area (Å²) >= 11 is 0. The summed E-state index contributed by atoms with van der Waals surface area (Å²) in [6, 6.07) is 3.42. The first-order chi connectivity index (χ1) is 7.04. The van der Waals surface area contributed by atoms with Crippen LogP contribution in [0.15, 0.2) is 18.2 Å². The maximum atomic E-state index is 11.3. The number of phenols is 2. The van der Waals surface area contributed by atoms with E-state index >= 15 is 0 Å². The Labute approximate surface area is 85.4 Å². The largest absolute Gasteiger partial charge is 0.508 e. The molecule has 6 nitrogen and oxygen atoms in total. The Bertz CT molecular complexity index is 366. The zero-order chi connectivity index (χ0) is 11.4. The number of aliphatic hydroxyl groups excluding tert-OH is 2. The van der Waals surface area contributed by atoms with Crippen LogP contribution in [0.25, 0.3) is 0 Å². The first-order valence-corrected chi connectivity index (χ1v) is 4.16. The lowest BCUT2D eigenvalue weighted by Gasteiger charge is -2.10. The highest BCUT2D eigenvalue weighted by atomic mass is 16.3. The van der Waals surface area contributed by atoms with Crippen molar-refractivity contribution in [2.24, 2.45) is 0 Å². The molecular formula is C9H11NO5. The van der Waals surface area contributed by atoms with Crippen LogP contribution < -0.4 is 5.32 Å². The lowest BCUT2D eigenvalue weighted by molar-refractivity contribution is 0.0547. The van der Waals surface area contributed by atoms with Crippen molar-refractivity contribution in [1.29, 1.82) is 0 Å². The zero-order valence-electron chi connectivity index (χ0n) is 7.71. The number of aliphatic hydroxyl groups is 2. The summed E-state index contributed by atoms with van der Waals surface area (Å²) in [6.07, 6.45) is -1.38. The summed E-state index contributed by atoms with van der Waals surface area (Å²) in [5.41, 5.74) is -0.0969. The van der Waals surface area contributed by atoms with Gasteiger partial charge in [-0.1, -0.05) is 0 Å². The van der Waals surface area contributed by atoms with Crippen LogP contribution in [0.2, 0.25) is 0 Å². The Morgan fingerprint density at radius 1 is 1.40 bits per heavy atom. The summed E-state index contributed by atoms with van der Waals surface area (Å²) in [6.45, 7) is -0.620. The number of rotatable bonds is 3. The van der Waals surface area contributed by atoms with E-state index < -0.39 is 24.5 Å². The minimum atomic E-state index is -1.38. The lowest BCUT2D eigenvalue weighted by atomic mass is 10.2. The van der Waals surface area contributed by atoms with Gasteiger partial charge in [0, 0.05) is 6.07 Å². The van der Waals surface area contributed by atoms with Crippen LogP contribution in [0.3, 0.4) is 0 Å². The molecule has 0 saturated heterocycles. The third-order valence-corrected chi connectivity index (χ3v) is 1.70. The first-order valence-electron chi connectivity index (χ1n) is 4.16. The van der Waals surface area contributed by atoms with Crippen LogP contribution in [0.5, 0.6) is 11.5 Å². The van der Waals surface area contributed by atoms with Crippen LogP contribution in [0, 0.1) is 0 Å². The van der Waals surface area contributed by atoms with Crippen molar-refractivity contribution in [2.75, 3.05) is 6.61 Å². The Balaban J connectivity index is 2.82. The Kier molecular flexibility index (Phi) is 3.48. The number of benzene rings is 1. The number of carbonyl (C=O) groups excluding carboxylic acids is 1. The molecule has 0 aliphatic rings. The molecule has 1 atom stereocenters. The summed E-state index contributed by atoms with van der Waals surface area (Å²) < 4.78 is 0. The van der Waals surface area contributed by atoms with E-state index in [1.165, 1.54) is 12.1 Å². The summed E-state index contributed by atoms with van der Waals surface area (Å²) in [4.78, 5) is 11.3. The molecule has 0 aliphatic carbocycles. The fourth-order valence-electron chi connectivity index (χ4n) is 0.987. The molecule has 82 valence electrons. The van der Waals surface area contributed by atoms with Crippen LogP contribution in [0.1, 0.15) is 10.4 Å². The SMILES string of the molecule is O=C(NC(O)CO)c1ccc(O)cc1O. The predicted octanol–water partition coefficient (Wildman–Crippen LogP) is -0.862. The van der Waals surface area contributed by atoms with E-state index in [1.54, 1.807) is 0 Å². The topological polar surface area (TPSA) is 110 Å². The number of aromatic hydroxyl groups is 2. The Morgan fingerprint density at radius 2 is 2.07 bits per heavy atom. The predicted molar refractivity (Wildman–Crippen MR) is 50.3 cm³/mol. The Morgan fingerprint density at radius 3 is 2.60 bits per heavy atom. The van der Waals surface area contributed by atoms with Gasteiger partial charge in [-0.2, -0.15) is 0 Å². The third kappa shape index (κ3) is 2.83. The van der Waals surface area contributed by atoms with E-state index in [2.05, 4.69) is 0 Å². The molecule has 15 heavy (non-hydrogen) atoms. The molecular weight excluding hydrogens is 202 g/mol. The third-order valence-electron chi connectivity index (χ3n) is 1.70. The van der Waals surface area contributed by atoms with Crippen molar-refractivity contribution in [3.8, 4) is 11.5 Å². The van der Waals surface area contributed by atoms with Gasteiger partial charge < -0.3 is 25.7 Å². The van der Waals surface area contributed by atoms with Crippen molar-refractivity contribution in [1.82, 2.24) is 5.32 Å². The molecule has 0 fully saturated rings. The molecule has 1 aromatic carbocycles. The fraction of sp³-hybridized carbons (Fsp3) is 0.222. The standard InChI is InChI=1S/C9H11NO5/c11-4-8(14)10-9(15)6-2-1-5(12)3-7(6)13/h1-3,8,11-14H,4H2,(H,10,15). The maximum Gasteiger partial charge on any atom is 0.257 e. The van der Waals surface area contributed by atoms with Gasteiger partial charge in [0.25, 0.3) is 5.91 Å². The van der Waals surface area contributed by atoms with E-state index in [-0.39, 0.29) is 11.3 Å². The summed E-state index contributed by atoms with van der Waals surface area (Å²) in [5.74, 6) is -1.32. The first kappa shape index (κ1) is 11.3. The molecule has 0 saturated carbocycles. The second-order valence-electron chi connectivity index (χ2n) is 2.87. The molecule has 1 rings (SSSR count). The second kappa shape index (κ2) is 4.63. The number of nitrogens with one attached hydrogen (secondary N) is 1. The number of amides is 1. The lowest BCUT2D eigenvalue weighted by Crippen LogP contribution is -2.37. The molecule has 0 radical (unpaired) electrons. The molecule has 0 spiro atoms. The van der Waals surface area contributed by atoms with E-state index in [0.29, 0.717) is 0 Å². The minimum absolute atomic E-state index is 0.0969. The van der Waals surface area contributed by atoms with Gasteiger partial charge in [0.15, 0.2) is 0 Å². The number of hydrogen-bond donors (Lipinski definition) is 5. The highest BCUT2D eigenvalue weighted by molar-refractivity contribution is 5.97. The monoisotopic (exact) mass is 213 g/mol. The van der Waals surface area contributed by atoms with Crippen LogP contribution in [-0.2, 0) is 0 Å². The smallest absolute Gasteiger partial charge is 0.257 e.